The van der Waals surface area contributed by atoms with Crippen molar-refractivity contribution in [3.8, 4) is 0 Å². The van der Waals surface area contributed by atoms with Gasteiger partial charge in [-0.3, -0.25) is 0 Å². The molecule has 0 saturated carbocycles. The van der Waals surface area contributed by atoms with Crippen LogP contribution in [0.25, 0.3) is 21.5 Å². The van der Waals surface area contributed by atoms with Crippen LogP contribution in [0.4, 0.5) is 0 Å². The SMILES string of the molecule is CCCCCCCCCCCCCCCCCCc1ccc2cc3ccccc3cc2c1C(=O)O. The van der Waals surface area contributed by atoms with E-state index in [2.05, 4.69) is 31.2 Å². The van der Waals surface area contributed by atoms with E-state index in [4.69, 9.17) is 0 Å². The van der Waals surface area contributed by atoms with Crippen molar-refractivity contribution < 1.29 is 9.90 Å². The average Bonchev–Trinajstić information content (AvgIpc) is 2.86. The summed E-state index contributed by atoms with van der Waals surface area (Å²) in [5.41, 5.74) is 1.47. The highest BCUT2D eigenvalue weighted by molar-refractivity contribution is 6.09. The molecule has 3 aromatic carbocycles. The molecule has 3 aromatic rings. The molecule has 3 rings (SSSR count). The molecule has 0 atom stereocenters. The lowest BCUT2D eigenvalue weighted by Gasteiger charge is -2.11. The zero-order valence-corrected chi connectivity index (χ0v) is 22.0. The highest BCUT2D eigenvalue weighted by atomic mass is 16.4. The molecule has 0 heterocycles. The van der Waals surface area contributed by atoms with Gasteiger partial charge in [-0.2, -0.15) is 0 Å². The number of fused-ring (bicyclic) bond motifs is 2. The quantitative estimate of drug-likeness (QED) is 0.147. The van der Waals surface area contributed by atoms with Crippen molar-refractivity contribution in [3.05, 3.63) is 59.7 Å². The molecule has 0 aromatic heterocycles. The Morgan fingerprint density at radius 1 is 0.600 bits per heavy atom. The van der Waals surface area contributed by atoms with E-state index in [1.165, 1.54) is 96.3 Å². The van der Waals surface area contributed by atoms with Gasteiger partial charge in [0.25, 0.3) is 0 Å². The summed E-state index contributed by atoms with van der Waals surface area (Å²) in [6.07, 6.45) is 22.5. The molecule has 0 saturated heterocycles. The second-order valence-electron chi connectivity index (χ2n) is 10.4. The first-order valence-corrected chi connectivity index (χ1v) is 14.4. The Morgan fingerprint density at radius 2 is 1.09 bits per heavy atom. The van der Waals surface area contributed by atoms with Crippen LogP contribution in [-0.2, 0) is 6.42 Å². The third-order valence-electron chi connectivity index (χ3n) is 7.49. The van der Waals surface area contributed by atoms with Crippen LogP contribution in [0.1, 0.15) is 126 Å². The van der Waals surface area contributed by atoms with E-state index < -0.39 is 5.97 Å². The predicted octanol–water partition coefficient (Wildman–Crippen LogP) is 10.5. The first kappa shape index (κ1) is 27.2. The Kier molecular flexibility index (Phi) is 12.1. The van der Waals surface area contributed by atoms with Gasteiger partial charge in [0.2, 0.25) is 0 Å². The highest BCUT2D eigenvalue weighted by Gasteiger charge is 2.15. The standard InChI is InChI=1S/C33H46O2/c1-2-3-4-5-6-7-8-9-10-11-12-13-14-15-16-17-20-27-23-24-30-25-28-21-18-19-22-29(28)26-31(30)32(27)33(34)35/h18-19,21-26H,2-17,20H2,1H3,(H,34,35). The lowest BCUT2D eigenvalue weighted by Crippen LogP contribution is -2.04. The van der Waals surface area contributed by atoms with E-state index in [0.717, 1.165) is 39.9 Å². The fraction of sp³-hybridized carbons (Fsp3) is 0.545. The number of hydrogen-bond acceptors (Lipinski definition) is 1. The summed E-state index contributed by atoms with van der Waals surface area (Å²) in [4.78, 5) is 12.1. The van der Waals surface area contributed by atoms with E-state index in [0.29, 0.717) is 5.56 Å². The molecule has 0 unspecified atom stereocenters. The normalized spacial score (nSPS) is 11.5. The topological polar surface area (TPSA) is 37.3 Å². The molecule has 0 aliphatic heterocycles. The number of aryl methyl sites for hydroxylation is 1. The van der Waals surface area contributed by atoms with Crippen molar-refractivity contribution in [1.29, 1.82) is 0 Å². The average molecular weight is 475 g/mol. The molecule has 1 N–H and O–H groups in total. The van der Waals surface area contributed by atoms with Crippen molar-refractivity contribution in [2.75, 3.05) is 0 Å². The molecule has 0 bridgehead atoms. The fourth-order valence-corrected chi connectivity index (χ4v) is 5.38. The van der Waals surface area contributed by atoms with E-state index in [9.17, 15) is 9.90 Å². The maximum atomic E-state index is 12.1. The highest BCUT2D eigenvalue weighted by Crippen LogP contribution is 2.29. The Labute approximate surface area is 213 Å². The number of carbonyl (C=O) groups is 1. The number of carboxylic acids is 1. The second kappa shape index (κ2) is 15.6. The summed E-state index contributed by atoms with van der Waals surface area (Å²) in [6.45, 7) is 2.28. The van der Waals surface area contributed by atoms with Gasteiger partial charge < -0.3 is 5.11 Å². The number of rotatable bonds is 18. The number of carboxylic acid groups (broad SMARTS) is 1. The van der Waals surface area contributed by atoms with E-state index in [1.807, 2.05) is 24.3 Å². The van der Waals surface area contributed by atoms with Crippen molar-refractivity contribution in [2.45, 2.75) is 116 Å². The fourth-order valence-electron chi connectivity index (χ4n) is 5.38. The maximum Gasteiger partial charge on any atom is 0.336 e. The molecule has 0 aliphatic carbocycles. The van der Waals surface area contributed by atoms with Crippen molar-refractivity contribution in [3.63, 3.8) is 0 Å². The lowest BCUT2D eigenvalue weighted by atomic mass is 9.93. The minimum Gasteiger partial charge on any atom is -0.478 e. The lowest BCUT2D eigenvalue weighted by molar-refractivity contribution is 0.0698. The first-order chi connectivity index (χ1) is 17.2. The van der Waals surface area contributed by atoms with Crippen molar-refractivity contribution in [1.82, 2.24) is 0 Å². The minimum absolute atomic E-state index is 0.495. The Morgan fingerprint density at radius 3 is 1.60 bits per heavy atom. The summed E-state index contributed by atoms with van der Waals surface area (Å²) in [7, 11) is 0. The summed E-state index contributed by atoms with van der Waals surface area (Å²) < 4.78 is 0. The molecule has 0 amide bonds. The van der Waals surface area contributed by atoms with Crippen LogP contribution in [0.15, 0.2) is 48.5 Å². The molecule has 0 fully saturated rings. The number of benzene rings is 3. The van der Waals surface area contributed by atoms with Crippen LogP contribution < -0.4 is 0 Å². The summed E-state index contributed by atoms with van der Waals surface area (Å²) in [6, 6.07) is 16.5. The third-order valence-corrected chi connectivity index (χ3v) is 7.49. The van der Waals surface area contributed by atoms with Crippen molar-refractivity contribution >= 4 is 27.5 Å². The van der Waals surface area contributed by atoms with Gasteiger partial charge >= 0.3 is 5.97 Å². The van der Waals surface area contributed by atoms with Crippen LogP contribution in [0, 0.1) is 0 Å². The third kappa shape index (κ3) is 8.98. The molecular formula is C33H46O2. The Bertz CT molecular complexity index is 1040. The van der Waals surface area contributed by atoms with Gasteiger partial charge in [-0.1, -0.05) is 140 Å². The summed E-state index contributed by atoms with van der Waals surface area (Å²) >= 11 is 0. The number of unbranched alkanes of at least 4 members (excludes halogenated alkanes) is 15. The molecule has 0 spiro atoms. The number of aromatic carboxylic acids is 1. The van der Waals surface area contributed by atoms with E-state index in [-0.39, 0.29) is 0 Å². The van der Waals surface area contributed by atoms with Gasteiger partial charge in [0.15, 0.2) is 0 Å². The second-order valence-corrected chi connectivity index (χ2v) is 10.4. The number of hydrogen-bond donors (Lipinski definition) is 1. The zero-order valence-electron chi connectivity index (χ0n) is 22.0. The molecule has 35 heavy (non-hydrogen) atoms. The largest absolute Gasteiger partial charge is 0.478 e. The Hall–Kier alpha value is -2.35. The van der Waals surface area contributed by atoms with Crippen LogP contribution in [0.3, 0.4) is 0 Å². The smallest absolute Gasteiger partial charge is 0.336 e. The monoisotopic (exact) mass is 474 g/mol. The van der Waals surface area contributed by atoms with Gasteiger partial charge in [-0.25, -0.2) is 4.79 Å². The molecule has 0 aliphatic rings. The molecule has 2 heteroatoms. The van der Waals surface area contributed by atoms with E-state index in [1.54, 1.807) is 0 Å². The Balaban J connectivity index is 1.31. The molecule has 2 nitrogen and oxygen atoms in total. The van der Waals surface area contributed by atoms with Gasteiger partial charge in [0.05, 0.1) is 5.56 Å². The molecular weight excluding hydrogens is 428 g/mol. The molecule has 190 valence electrons. The van der Waals surface area contributed by atoms with Gasteiger partial charge in [-0.15, -0.1) is 0 Å². The van der Waals surface area contributed by atoms with Gasteiger partial charge in [0.1, 0.15) is 0 Å². The van der Waals surface area contributed by atoms with Gasteiger partial charge in [0, 0.05) is 0 Å². The first-order valence-electron chi connectivity index (χ1n) is 14.4. The van der Waals surface area contributed by atoms with Crippen LogP contribution in [0.2, 0.25) is 0 Å². The predicted molar refractivity (Wildman–Crippen MR) is 152 cm³/mol. The summed E-state index contributed by atoms with van der Waals surface area (Å²) in [5, 5.41) is 14.1. The maximum absolute atomic E-state index is 12.1. The van der Waals surface area contributed by atoms with Gasteiger partial charge in [-0.05, 0) is 52.1 Å². The minimum atomic E-state index is -0.808. The van der Waals surface area contributed by atoms with Crippen LogP contribution in [-0.4, -0.2) is 11.1 Å². The van der Waals surface area contributed by atoms with Crippen LogP contribution >= 0.6 is 0 Å². The summed E-state index contributed by atoms with van der Waals surface area (Å²) in [5.74, 6) is -0.808. The van der Waals surface area contributed by atoms with Crippen molar-refractivity contribution in [2.24, 2.45) is 0 Å². The molecule has 0 radical (unpaired) electrons. The van der Waals surface area contributed by atoms with Crippen LogP contribution in [0.5, 0.6) is 0 Å². The van der Waals surface area contributed by atoms with E-state index >= 15 is 0 Å². The zero-order chi connectivity index (χ0) is 24.7.